The van der Waals surface area contributed by atoms with Crippen LogP contribution in [0.1, 0.15) is 178 Å². The Labute approximate surface area is 791 Å². The normalized spacial score (nSPS) is 13.1. The van der Waals surface area contributed by atoms with Crippen molar-refractivity contribution in [3.8, 4) is 0 Å². The van der Waals surface area contributed by atoms with Gasteiger partial charge in [-0.2, -0.15) is 0 Å². The first-order valence-corrected chi connectivity index (χ1v) is 45.7. The van der Waals surface area contributed by atoms with E-state index < -0.39 is 260 Å². The number of rotatable bonds is 59. The van der Waals surface area contributed by atoms with Crippen LogP contribution in [-0.4, -0.2) is 284 Å². The lowest BCUT2D eigenvalue weighted by Gasteiger charge is -2.41. The summed E-state index contributed by atoms with van der Waals surface area (Å²) in [6, 6.07) is 0. The zero-order valence-electron chi connectivity index (χ0n) is 73.8. The zero-order chi connectivity index (χ0) is 95.0. The maximum atomic E-state index is 14.1. The van der Waals surface area contributed by atoms with Gasteiger partial charge in [0.15, 0.2) is 0 Å². The number of amides is 6. The van der Waals surface area contributed by atoms with E-state index in [0.29, 0.717) is 0 Å². The molecule has 0 bridgehead atoms. The second kappa shape index (κ2) is 50.9. The minimum absolute atomic E-state index is 0.00119. The summed E-state index contributed by atoms with van der Waals surface area (Å²) in [7, 11) is 0. The summed E-state index contributed by atoms with van der Waals surface area (Å²) in [5, 5.41) is 16.4. The van der Waals surface area contributed by atoms with Crippen LogP contribution in [0, 0.1) is 21.7 Å². The molecule has 0 aliphatic rings. The van der Waals surface area contributed by atoms with Crippen LogP contribution in [0.2, 0.25) is 0 Å². The third-order valence-corrected chi connectivity index (χ3v) is 19.4. The minimum Gasteiger partial charge on any atom is -0.464 e. The molecule has 0 aliphatic heterocycles. The van der Waals surface area contributed by atoms with Crippen LogP contribution in [0.4, 0.5) is 0 Å². The standard InChI is InChI=1S/C78H126Br9N7O28/c1-64(2,88)36-122-65(3,4)32-75(33-92-49(95)23-26-89-52(98)29-110-37-76(40-113-55(101)66(5,6)79,41-114-56(102)67(7,8)80)42-115-57(103)68(9,10)81,34-93-50(96)24-27-90-53(99)30-111-38-77(43-116-58(104)69(11,12)82,44-117-59(105)70(13,14)83)45-118-60(106)71(15,16)84)35-94-51(97)25-28-91-54(100)31-112-39-78(46-119-61(107)72(17,18)85,47-120-62(108)73(19,20)86)48-121-63(109)74(21,22)87/h23-48,88H2,1-22H3,(H,89,98)(H,90,99)(H,91,100)(H,92,95)(H,93,96)(H,94,97). The van der Waals surface area contributed by atoms with E-state index in [0.717, 1.165) is 0 Å². The molecule has 0 rings (SSSR count). The number of carbonyl (C=O) groups excluding carboxylic acids is 15. The number of halogens is 9. The van der Waals surface area contributed by atoms with Crippen molar-refractivity contribution in [2.75, 3.05) is 145 Å². The highest BCUT2D eigenvalue weighted by atomic mass is 79.9. The van der Waals surface area contributed by atoms with Crippen LogP contribution < -0.4 is 37.6 Å². The molecule has 0 saturated heterocycles. The predicted molar refractivity (Wildman–Crippen MR) is 483 cm³/mol. The van der Waals surface area contributed by atoms with E-state index in [4.69, 9.17) is 67.3 Å². The Morgan fingerprint density at radius 2 is 0.410 bits per heavy atom. The summed E-state index contributed by atoms with van der Waals surface area (Å²) in [4.78, 5) is 200. The maximum Gasteiger partial charge on any atom is 0.322 e. The zero-order valence-corrected chi connectivity index (χ0v) is 88.1. The van der Waals surface area contributed by atoms with Crippen LogP contribution >= 0.6 is 143 Å². The number of alkyl halides is 9. The Kier molecular flexibility index (Phi) is 49.4. The average molecular weight is 2330 g/mol. The predicted octanol–water partition coefficient (Wildman–Crippen LogP) is 8.22. The highest BCUT2D eigenvalue weighted by Gasteiger charge is 2.46. The van der Waals surface area contributed by atoms with Gasteiger partial charge in [-0.3, -0.25) is 71.9 Å². The Morgan fingerprint density at radius 3 is 0.566 bits per heavy atom. The number of esters is 9. The number of nitrogens with two attached hydrogens (primary N) is 1. The van der Waals surface area contributed by atoms with Gasteiger partial charge < -0.3 is 99.2 Å². The molecule has 6 amide bonds. The van der Waals surface area contributed by atoms with Crippen molar-refractivity contribution in [1.29, 1.82) is 0 Å². The van der Waals surface area contributed by atoms with Crippen molar-refractivity contribution in [2.24, 2.45) is 27.4 Å². The van der Waals surface area contributed by atoms with Crippen LogP contribution in [0.25, 0.3) is 0 Å². The van der Waals surface area contributed by atoms with Gasteiger partial charge in [0.25, 0.3) is 0 Å². The van der Waals surface area contributed by atoms with Crippen molar-refractivity contribution in [1.82, 2.24) is 31.9 Å². The van der Waals surface area contributed by atoms with Crippen molar-refractivity contribution in [3.05, 3.63) is 0 Å². The third-order valence-electron chi connectivity index (χ3n) is 16.5. The second-order valence-corrected chi connectivity index (χ2v) is 53.6. The summed E-state index contributed by atoms with van der Waals surface area (Å²) >= 11 is 29.4. The van der Waals surface area contributed by atoms with E-state index in [1.807, 2.05) is 0 Å². The molecule has 0 atom stereocenters. The molecule has 0 aromatic carbocycles. The SMILES string of the molecule is CC(C)(N)COC(C)(C)CC(CNC(=O)CCNC(=O)COCC(COC(=O)C(C)(C)Br)(COC(=O)C(C)(C)Br)COC(=O)C(C)(C)Br)(CNC(=O)CCNC(=O)COCC(COC(=O)C(C)(C)Br)(COC(=O)C(C)(C)Br)COC(=O)C(C)(C)Br)CNC(=O)CCNC(=O)COCC(COC(=O)C(C)(C)Br)(COC(=O)C(C)(C)Br)COC(=O)C(C)(C)Br. The van der Waals surface area contributed by atoms with E-state index >= 15 is 0 Å². The number of nitrogens with one attached hydrogen (secondary N) is 6. The quantitative estimate of drug-likeness (QED) is 0.0171. The van der Waals surface area contributed by atoms with Gasteiger partial charge in [0.1, 0.15) is 118 Å². The maximum absolute atomic E-state index is 14.1. The summed E-state index contributed by atoms with van der Waals surface area (Å²) in [6.45, 7) is 24.6. The first kappa shape index (κ1) is 118. The fourth-order valence-corrected chi connectivity index (χ4v) is 10.3. The van der Waals surface area contributed by atoms with Gasteiger partial charge in [0.05, 0.1) is 48.3 Å². The molecule has 704 valence electrons. The topological polar surface area (TPSA) is 474 Å². The molecule has 122 heavy (non-hydrogen) atoms. The Hall–Kier alpha value is -3.83. The number of ether oxygens (including phenoxy) is 13. The minimum atomic E-state index is -1.58. The summed E-state index contributed by atoms with van der Waals surface area (Å²) in [5.74, 6) is -10.7. The van der Waals surface area contributed by atoms with Gasteiger partial charge in [-0.1, -0.05) is 143 Å². The molecule has 0 unspecified atom stereocenters. The molecule has 0 saturated carbocycles. The Balaban J connectivity index is 7.45. The molecule has 0 radical (unpaired) electrons. The molecule has 0 spiro atoms. The highest BCUT2D eigenvalue weighted by molar-refractivity contribution is 9.11. The van der Waals surface area contributed by atoms with Gasteiger partial charge in [0, 0.05) is 69.5 Å². The van der Waals surface area contributed by atoms with Gasteiger partial charge in [-0.25, -0.2) is 0 Å². The number of hydrogen-bond acceptors (Lipinski definition) is 29. The van der Waals surface area contributed by atoms with Crippen molar-refractivity contribution >= 4 is 233 Å². The molecule has 0 aliphatic carbocycles. The van der Waals surface area contributed by atoms with Crippen molar-refractivity contribution < 1.29 is 133 Å². The summed E-state index contributed by atoms with van der Waals surface area (Å²) < 4.78 is 63.9. The lowest BCUT2D eigenvalue weighted by Crippen LogP contribution is -2.55. The molecule has 0 fully saturated rings. The highest BCUT2D eigenvalue weighted by Crippen LogP contribution is 2.35. The first-order chi connectivity index (χ1) is 55.0. The molecule has 0 aromatic rings. The van der Waals surface area contributed by atoms with Crippen molar-refractivity contribution in [2.45, 2.75) is 228 Å². The number of carbonyl (C=O) groups is 15. The molecule has 0 aromatic heterocycles. The van der Waals surface area contributed by atoms with Crippen molar-refractivity contribution in [3.63, 3.8) is 0 Å². The van der Waals surface area contributed by atoms with Gasteiger partial charge >= 0.3 is 53.7 Å². The van der Waals surface area contributed by atoms with Crippen LogP contribution in [0.5, 0.6) is 0 Å². The molecular weight excluding hydrogens is 2200 g/mol. The third kappa shape index (κ3) is 50.8. The summed E-state index contributed by atoms with van der Waals surface area (Å²) in [5.41, 5.74) is -1.77. The second-order valence-electron chi connectivity index (χ2n) is 35.8. The number of hydrogen-bond donors (Lipinski definition) is 7. The Bertz CT molecular complexity index is 2970. The molecule has 35 nitrogen and oxygen atoms in total. The van der Waals surface area contributed by atoms with E-state index in [9.17, 15) is 71.9 Å². The molecule has 0 heterocycles. The monoisotopic (exact) mass is 2320 g/mol. The van der Waals surface area contributed by atoms with E-state index in [1.54, 1.807) is 27.7 Å². The lowest BCUT2D eigenvalue weighted by molar-refractivity contribution is -0.172. The van der Waals surface area contributed by atoms with Crippen LogP contribution in [-0.2, 0) is 133 Å². The summed E-state index contributed by atoms with van der Waals surface area (Å²) in [6.07, 6.45) is -1.12. The molecular formula is C78H126Br9N7O28. The fraction of sp³-hybridized carbons (Fsp3) is 0.808. The van der Waals surface area contributed by atoms with Gasteiger partial charge in [-0.15, -0.1) is 0 Å². The smallest absolute Gasteiger partial charge is 0.322 e. The van der Waals surface area contributed by atoms with Crippen LogP contribution in [0.3, 0.4) is 0 Å². The van der Waals surface area contributed by atoms with E-state index in [1.165, 1.54) is 125 Å². The first-order valence-electron chi connectivity index (χ1n) is 38.6. The van der Waals surface area contributed by atoms with Gasteiger partial charge in [-0.05, 0) is 159 Å². The van der Waals surface area contributed by atoms with Crippen LogP contribution in [0.15, 0.2) is 0 Å². The Morgan fingerprint density at radius 1 is 0.238 bits per heavy atom. The molecule has 8 N–H and O–H groups in total. The largest absolute Gasteiger partial charge is 0.464 e. The van der Waals surface area contributed by atoms with E-state index in [2.05, 4.69) is 175 Å². The van der Waals surface area contributed by atoms with E-state index in [-0.39, 0.29) is 71.6 Å². The average Bonchev–Trinajstić information content (AvgIpc) is 0.834. The lowest BCUT2D eigenvalue weighted by atomic mass is 9.77. The fourth-order valence-electron chi connectivity index (χ4n) is 9.28. The van der Waals surface area contributed by atoms with Gasteiger partial charge in [0.2, 0.25) is 35.4 Å². The molecule has 44 heteroatoms.